The summed E-state index contributed by atoms with van der Waals surface area (Å²) in [5, 5.41) is 4.23. The van der Waals surface area contributed by atoms with Crippen molar-refractivity contribution in [3.8, 4) is 5.69 Å². The number of hydrogen-bond acceptors (Lipinski definition) is 2. The molecule has 5 heteroatoms. The molecule has 0 bridgehead atoms. The van der Waals surface area contributed by atoms with Crippen LogP contribution in [0.5, 0.6) is 0 Å². The van der Waals surface area contributed by atoms with Crippen LogP contribution in [0.2, 0.25) is 0 Å². The number of fused-ring (bicyclic) bond motifs is 6. The van der Waals surface area contributed by atoms with Gasteiger partial charge in [-0.05, 0) is 72.5 Å². The number of nitrogens with zero attached hydrogens (tertiary/aromatic N) is 2. The van der Waals surface area contributed by atoms with Crippen LogP contribution in [-0.4, -0.2) is 17.0 Å². The molecule has 5 aromatic carbocycles. The minimum atomic E-state index is -3.81. The molecule has 0 amide bonds. The van der Waals surface area contributed by atoms with E-state index in [-0.39, 0.29) is 10.3 Å². The molecular weight excluding hydrogens is 512 g/mol. The summed E-state index contributed by atoms with van der Waals surface area (Å²) in [6.45, 7) is 8.67. The van der Waals surface area contributed by atoms with Crippen molar-refractivity contribution in [2.45, 2.75) is 38.0 Å². The standard InChI is InChI=1S/C35H30N2O2S/c1-23-13-17-26(18-14-23)40(38,39)37-33-12-8-6-10-28(33)30-22-25(16-20-34(30)37)36-31-11-7-5-9-27(31)29-21-24(35(2,3)4)15-19-32(29)36/h5-22H,1-4H3. The van der Waals surface area contributed by atoms with E-state index in [1.54, 1.807) is 12.1 Å². The monoisotopic (exact) mass is 542 g/mol. The van der Waals surface area contributed by atoms with Crippen LogP contribution < -0.4 is 0 Å². The van der Waals surface area contributed by atoms with Crippen LogP contribution in [0.15, 0.2) is 114 Å². The second-order valence-corrected chi connectivity index (χ2v) is 13.4. The van der Waals surface area contributed by atoms with E-state index in [4.69, 9.17) is 0 Å². The van der Waals surface area contributed by atoms with E-state index in [1.807, 2.05) is 55.5 Å². The summed E-state index contributed by atoms with van der Waals surface area (Å²) in [5.74, 6) is 0. The van der Waals surface area contributed by atoms with Gasteiger partial charge in [-0.2, -0.15) is 0 Å². The number of hydrogen-bond donors (Lipinski definition) is 0. The predicted molar refractivity (Wildman–Crippen MR) is 166 cm³/mol. The lowest BCUT2D eigenvalue weighted by Crippen LogP contribution is -2.12. The second kappa shape index (κ2) is 8.57. The van der Waals surface area contributed by atoms with Gasteiger partial charge in [-0.1, -0.05) is 80.9 Å². The van der Waals surface area contributed by atoms with Crippen LogP contribution in [0, 0.1) is 6.92 Å². The topological polar surface area (TPSA) is 44.0 Å². The van der Waals surface area contributed by atoms with Gasteiger partial charge >= 0.3 is 0 Å². The molecule has 0 atom stereocenters. The fourth-order valence-corrected chi connectivity index (χ4v) is 7.38. The molecule has 7 aromatic rings. The highest BCUT2D eigenvalue weighted by Crippen LogP contribution is 2.38. The minimum absolute atomic E-state index is 0.0427. The molecular formula is C35H30N2O2S. The molecule has 198 valence electrons. The van der Waals surface area contributed by atoms with Crippen LogP contribution in [-0.2, 0) is 15.4 Å². The maximum atomic E-state index is 14.0. The van der Waals surface area contributed by atoms with Gasteiger partial charge in [-0.3, -0.25) is 0 Å². The van der Waals surface area contributed by atoms with E-state index >= 15 is 0 Å². The van der Waals surface area contributed by atoms with Crippen molar-refractivity contribution in [3.05, 3.63) is 120 Å². The number of rotatable bonds is 3. The van der Waals surface area contributed by atoms with Crippen molar-refractivity contribution in [1.82, 2.24) is 8.54 Å². The summed E-state index contributed by atoms with van der Waals surface area (Å²) in [7, 11) is -3.81. The van der Waals surface area contributed by atoms with Crippen molar-refractivity contribution < 1.29 is 8.42 Å². The number of benzene rings is 5. The molecule has 0 unspecified atom stereocenters. The third-order valence-electron chi connectivity index (χ3n) is 7.97. The molecule has 2 aromatic heterocycles. The summed E-state index contributed by atoms with van der Waals surface area (Å²) >= 11 is 0. The predicted octanol–water partition coefficient (Wildman–Crippen LogP) is 8.73. The van der Waals surface area contributed by atoms with Gasteiger partial charge in [-0.15, -0.1) is 0 Å². The Hall–Kier alpha value is -4.35. The average Bonchev–Trinajstić information content (AvgIpc) is 3.45. The molecule has 0 saturated carbocycles. The molecule has 40 heavy (non-hydrogen) atoms. The Morgan fingerprint density at radius 3 is 1.82 bits per heavy atom. The zero-order chi connectivity index (χ0) is 27.8. The van der Waals surface area contributed by atoms with E-state index in [2.05, 4.69) is 73.9 Å². The molecule has 0 aliphatic heterocycles. The van der Waals surface area contributed by atoms with Gasteiger partial charge in [0, 0.05) is 27.2 Å². The van der Waals surface area contributed by atoms with Crippen LogP contribution in [0.3, 0.4) is 0 Å². The Labute approximate surface area is 234 Å². The lowest BCUT2D eigenvalue weighted by atomic mass is 9.86. The Morgan fingerprint density at radius 1 is 0.575 bits per heavy atom. The van der Waals surface area contributed by atoms with Gasteiger partial charge < -0.3 is 4.57 Å². The zero-order valence-corrected chi connectivity index (χ0v) is 23.8. The van der Waals surface area contributed by atoms with Crippen molar-refractivity contribution in [3.63, 3.8) is 0 Å². The molecule has 0 N–H and O–H groups in total. The minimum Gasteiger partial charge on any atom is -0.309 e. The summed E-state index contributed by atoms with van der Waals surface area (Å²) in [6.07, 6.45) is 0. The highest BCUT2D eigenvalue weighted by atomic mass is 32.2. The van der Waals surface area contributed by atoms with E-state index in [1.165, 1.54) is 20.3 Å². The van der Waals surface area contributed by atoms with Gasteiger partial charge in [-0.25, -0.2) is 12.4 Å². The van der Waals surface area contributed by atoms with E-state index in [0.29, 0.717) is 11.0 Å². The summed E-state index contributed by atoms with van der Waals surface area (Å²) in [5.41, 5.74) is 6.95. The van der Waals surface area contributed by atoms with Crippen molar-refractivity contribution >= 4 is 53.6 Å². The third kappa shape index (κ3) is 3.61. The lowest BCUT2D eigenvalue weighted by Gasteiger charge is -2.19. The zero-order valence-electron chi connectivity index (χ0n) is 23.0. The fraction of sp³-hybridized carbons (Fsp3) is 0.143. The quantitative estimate of drug-likeness (QED) is 0.224. The summed E-state index contributed by atoms with van der Waals surface area (Å²) < 4.78 is 31.7. The lowest BCUT2D eigenvalue weighted by molar-refractivity contribution is 0.590. The maximum absolute atomic E-state index is 14.0. The smallest absolute Gasteiger partial charge is 0.268 e. The first-order chi connectivity index (χ1) is 19.1. The highest BCUT2D eigenvalue weighted by molar-refractivity contribution is 7.90. The van der Waals surface area contributed by atoms with Gasteiger partial charge in [0.2, 0.25) is 0 Å². The number of para-hydroxylation sites is 2. The molecule has 0 aliphatic rings. The van der Waals surface area contributed by atoms with Crippen molar-refractivity contribution in [1.29, 1.82) is 0 Å². The third-order valence-corrected chi connectivity index (χ3v) is 9.71. The second-order valence-electron chi connectivity index (χ2n) is 11.6. The largest absolute Gasteiger partial charge is 0.309 e. The average molecular weight is 543 g/mol. The molecule has 0 spiro atoms. The molecule has 0 aliphatic carbocycles. The molecule has 4 nitrogen and oxygen atoms in total. The van der Waals surface area contributed by atoms with E-state index in [0.717, 1.165) is 33.1 Å². The molecule has 0 radical (unpaired) electrons. The van der Waals surface area contributed by atoms with Crippen LogP contribution in [0.1, 0.15) is 31.9 Å². The van der Waals surface area contributed by atoms with Crippen LogP contribution >= 0.6 is 0 Å². The van der Waals surface area contributed by atoms with Crippen LogP contribution in [0.4, 0.5) is 0 Å². The van der Waals surface area contributed by atoms with Gasteiger partial charge in [0.25, 0.3) is 10.0 Å². The molecule has 7 rings (SSSR count). The number of aryl methyl sites for hydroxylation is 1. The number of aromatic nitrogens is 2. The van der Waals surface area contributed by atoms with Crippen molar-refractivity contribution in [2.24, 2.45) is 0 Å². The van der Waals surface area contributed by atoms with Crippen LogP contribution in [0.25, 0.3) is 49.3 Å². The fourth-order valence-electron chi connectivity index (χ4n) is 5.86. The van der Waals surface area contributed by atoms with Gasteiger partial charge in [0.1, 0.15) is 0 Å². The summed E-state index contributed by atoms with van der Waals surface area (Å²) in [6, 6.07) is 36.1. The SMILES string of the molecule is Cc1ccc(S(=O)(=O)n2c3ccccc3c3cc(-n4c5ccccc5c5cc(C(C)(C)C)ccc54)ccc32)cc1. The highest BCUT2D eigenvalue weighted by Gasteiger charge is 2.24. The first-order valence-corrected chi connectivity index (χ1v) is 15.0. The Balaban J connectivity index is 1.52. The molecule has 0 fully saturated rings. The Morgan fingerprint density at radius 2 is 1.12 bits per heavy atom. The van der Waals surface area contributed by atoms with Gasteiger partial charge in [0.15, 0.2) is 0 Å². The summed E-state index contributed by atoms with van der Waals surface area (Å²) in [4.78, 5) is 0.280. The van der Waals surface area contributed by atoms with E-state index in [9.17, 15) is 8.42 Å². The van der Waals surface area contributed by atoms with Crippen molar-refractivity contribution in [2.75, 3.05) is 0 Å². The normalized spacial score (nSPS) is 12.7. The maximum Gasteiger partial charge on any atom is 0.268 e. The Kier molecular flexibility index (Phi) is 5.29. The Bertz CT molecular complexity index is 2210. The molecule has 0 saturated heterocycles. The van der Waals surface area contributed by atoms with Gasteiger partial charge in [0.05, 0.1) is 27.0 Å². The van der Waals surface area contributed by atoms with E-state index < -0.39 is 10.0 Å². The first kappa shape index (κ1) is 24.7. The molecule has 2 heterocycles. The first-order valence-electron chi connectivity index (χ1n) is 13.5.